The Bertz CT molecular complexity index is 2040. The minimum absolute atomic E-state index is 0.136. The van der Waals surface area contributed by atoms with E-state index in [1.54, 1.807) is 42.7 Å². The molecule has 1 aliphatic heterocycles. The number of ether oxygens (including phenoxy) is 4. The molecule has 5 rings (SSSR count). The van der Waals surface area contributed by atoms with Gasteiger partial charge in [-0.15, -0.1) is 6.58 Å². The first-order valence-electron chi connectivity index (χ1n) is 15.9. The number of thiazole rings is 1. The van der Waals surface area contributed by atoms with Crippen LogP contribution in [0.2, 0.25) is 0 Å². The smallest absolute Gasteiger partial charge is 0.338 e. The zero-order valence-electron chi connectivity index (χ0n) is 27.7. The van der Waals surface area contributed by atoms with Crippen LogP contribution >= 0.6 is 11.3 Å². The van der Waals surface area contributed by atoms with Gasteiger partial charge in [-0.3, -0.25) is 9.36 Å². The number of fused-ring (bicyclic) bond motifs is 1. The van der Waals surface area contributed by atoms with Gasteiger partial charge in [0.2, 0.25) is 0 Å². The average molecular weight is 671 g/mol. The molecule has 0 bridgehead atoms. The van der Waals surface area contributed by atoms with Crippen LogP contribution in [-0.4, -0.2) is 29.9 Å². The van der Waals surface area contributed by atoms with Crippen molar-refractivity contribution < 1.29 is 28.1 Å². The monoisotopic (exact) mass is 670 g/mol. The molecule has 1 aromatic heterocycles. The van der Waals surface area contributed by atoms with Gasteiger partial charge in [-0.1, -0.05) is 47.7 Å². The van der Waals surface area contributed by atoms with Crippen molar-refractivity contribution in [3.05, 3.63) is 132 Å². The van der Waals surface area contributed by atoms with Crippen LogP contribution in [0.1, 0.15) is 62.9 Å². The Morgan fingerprint density at radius 1 is 1.06 bits per heavy atom. The van der Waals surface area contributed by atoms with Crippen molar-refractivity contribution in [2.45, 2.75) is 59.8 Å². The molecule has 2 heterocycles. The largest absolute Gasteiger partial charge is 0.491 e. The van der Waals surface area contributed by atoms with Crippen LogP contribution in [0.3, 0.4) is 0 Å². The topological polar surface area (TPSA) is 88.4 Å². The van der Waals surface area contributed by atoms with Crippen molar-refractivity contribution >= 4 is 23.4 Å². The molecule has 0 saturated heterocycles. The highest BCUT2D eigenvalue weighted by Crippen LogP contribution is 2.37. The van der Waals surface area contributed by atoms with Gasteiger partial charge in [0.05, 0.1) is 35.1 Å². The Morgan fingerprint density at radius 2 is 1.85 bits per heavy atom. The summed E-state index contributed by atoms with van der Waals surface area (Å²) in [6, 6.07) is 16.6. The molecular formula is C38H39FN2O6S. The summed E-state index contributed by atoms with van der Waals surface area (Å²) < 4.78 is 39.5. The van der Waals surface area contributed by atoms with Crippen LogP contribution in [0.4, 0.5) is 4.39 Å². The number of halogens is 1. The van der Waals surface area contributed by atoms with Crippen molar-refractivity contribution in [3.8, 4) is 17.2 Å². The molecule has 0 radical (unpaired) electrons. The maximum absolute atomic E-state index is 14.3. The van der Waals surface area contributed by atoms with Gasteiger partial charge in [-0.2, -0.15) is 0 Å². The lowest BCUT2D eigenvalue weighted by Gasteiger charge is -2.26. The van der Waals surface area contributed by atoms with E-state index in [2.05, 4.69) is 6.58 Å². The standard InChI is InChI=1S/C38H39FN2O6S/c1-7-13-27-18-26(20-31(44-8-2)35(27)46-22-25-14-12-15-28(39)19-25)21-32-36(42)41-34(29-16-10-11-17-30(29)47-23(4)5)33(37(43)45-9-3)24(6)40-38(41)48-32/h7,10-12,14-21,23,34H,1,8-9,13,22H2,2-6H3/b32-21+/t34-/m0/s1. The van der Waals surface area contributed by atoms with Gasteiger partial charge in [0.15, 0.2) is 16.3 Å². The summed E-state index contributed by atoms with van der Waals surface area (Å²) in [5, 5.41) is 0. The molecule has 48 heavy (non-hydrogen) atoms. The third-order valence-electron chi connectivity index (χ3n) is 7.48. The number of hydrogen-bond acceptors (Lipinski definition) is 8. The molecule has 250 valence electrons. The van der Waals surface area contributed by atoms with Crippen molar-refractivity contribution in [1.29, 1.82) is 0 Å². The molecule has 0 N–H and O–H groups in total. The second-order valence-electron chi connectivity index (χ2n) is 11.4. The lowest BCUT2D eigenvalue weighted by Crippen LogP contribution is -2.40. The molecule has 1 aliphatic rings. The maximum Gasteiger partial charge on any atom is 0.338 e. The zero-order chi connectivity index (χ0) is 34.4. The SMILES string of the molecule is C=CCc1cc(/C=c2/sc3n(c2=O)[C@@H](c2ccccc2OC(C)C)C(C(=O)OCC)=C(C)N=3)cc(OCC)c1OCc1cccc(F)c1. The summed E-state index contributed by atoms with van der Waals surface area (Å²) >= 11 is 1.23. The van der Waals surface area contributed by atoms with Gasteiger partial charge in [-0.05, 0) is 88.6 Å². The molecule has 0 saturated carbocycles. The van der Waals surface area contributed by atoms with Crippen LogP contribution in [-0.2, 0) is 22.6 Å². The van der Waals surface area contributed by atoms with Gasteiger partial charge < -0.3 is 18.9 Å². The Hall–Kier alpha value is -4.96. The number of aromatic nitrogens is 1. The highest BCUT2D eigenvalue weighted by molar-refractivity contribution is 7.07. The number of benzene rings is 3. The fourth-order valence-electron chi connectivity index (χ4n) is 5.59. The van der Waals surface area contributed by atoms with E-state index in [0.717, 1.165) is 5.56 Å². The first-order chi connectivity index (χ1) is 23.1. The fraction of sp³-hybridized carbons (Fsp3) is 0.289. The highest BCUT2D eigenvalue weighted by atomic mass is 32.1. The van der Waals surface area contributed by atoms with E-state index in [1.807, 2.05) is 57.2 Å². The fourth-order valence-corrected chi connectivity index (χ4v) is 6.63. The number of allylic oxidation sites excluding steroid dienone is 2. The number of nitrogens with zero attached hydrogens (tertiary/aromatic N) is 2. The van der Waals surface area contributed by atoms with Crippen LogP contribution in [0, 0.1) is 5.82 Å². The van der Waals surface area contributed by atoms with E-state index in [9.17, 15) is 14.0 Å². The summed E-state index contributed by atoms with van der Waals surface area (Å²) in [5.74, 6) is 0.697. The zero-order valence-corrected chi connectivity index (χ0v) is 28.6. The van der Waals surface area contributed by atoms with Crippen LogP contribution < -0.4 is 29.1 Å². The Kier molecular flexibility index (Phi) is 11.0. The number of carbonyl (C=O) groups is 1. The first kappa shape index (κ1) is 34.4. The van der Waals surface area contributed by atoms with E-state index in [1.165, 1.54) is 23.5 Å². The number of carbonyl (C=O) groups excluding carboxylic acids is 1. The van der Waals surface area contributed by atoms with Crippen molar-refractivity contribution in [2.75, 3.05) is 13.2 Å². The molecule has 8 nitrogen and oxygen atoms in total. The molecule has 0 spiro atoms. The number of hydrogen-bond donors (Lipinski definition) is 0. The van der Waals surface area contributed by atoms with Crippen LogP contribution in [0.25, 0.3) is 6.08 Å². The molecule has 10 heteroatoms. The maximum atomic E-state index is 14.3. The summed E-state index contributed by atoms with van der Waals surface area (Å²) in [4.78, 5) is 32.8. The van der Waals surface area contributed by atoms with E-state index in [-0.39, 0.29) is 36.3 Å². The third-order valence-corrected chi connectivity index (χ3v) is 8.46. The Morgan fingerprint density at radius 3 is 2.56 bits per heavy atom. The van der Waals surface area contributed by atoms with Crippen molar-refractivity contribution in [3.63, 3.8) is 0 Å². The second kappa shape index (κ2) is 15.3. The molecule has 0 unspecified atom stereocenters. The summed E-state index contributed by atoms with van der Waals surface area (Å²) in [7, 11) is 0. The van der Waals surface area contributed by atoms with Gasteiger partial charge in [0.25, 0.3) is 5.56 Å². The molecule has 1 atom stereocenters. The number of esters is 1. The molecule has 4 aromatic rings. The lowest BCUT2D eigenvalue weighted by molar-refractivity contribution is -0.139. The normalized spacial score (nSPS) is 14.4. The summed E-state index contributed by atoms with van der Waals surface area (Å²) in [6.07, 6.45) is 3.87. The third kappa shape index (κ3) is 7.44. The van der Waals surface area contributed by atoms with Crippen LogP contribution in [0.5, 0.6) is 17.2 Å². The Labute approximate surface area is 283 Å². The second-order valence-corrected chi connectivity index (χ2v) is 12.4. The van der Waals surface area contributed by atoms with E-state index >= 15 is 0 Å². The van der Waals surface area contributed by atoms with Gasteiger partial charge >= 0.3 is 5.97 Å². The van der Waals surface area contributed by atoms with E-state index in [0.29, 0.717) is 62.0 Å². The molecule has 0 fully saturated rings. The summed E-state index contributed by atoms with van der Waals surface area (Å²) in [5.41, 5.74) is 3.28. The van der Waals surface area contributed by atoms with Crippen molar-refractivity contribution in [1.82, 2.24) is 4.57 Å². The van der Waals surface area contributed by atoms with E-state index in [4.69, 9.17) is 23.9 Å². The predicted octanol–water partition coefficient (Wildman–Crippen LogP) is 6.43. The highest BCUT2D eigenvalue weighted by Gasteiger charge is 2.35. The minimum atomic E-state index is -0.814. The quantitative estimate of drug-likeness (QED) is 0.120. The van der Waals surface area contributed by atoms with Crippen molar-refractivity contribution in [2.24, 2.45) is 4.99 Å². The average Bonchev–Trinajstić information content (AvgIpc) is 3.34. The number of para-hydroxylation sites is 1. The molecular weight excluding hydrogens is 631 g/mol. The van der Waals surface area contributed by atoms with Gasteiger partial charge in [-0.25, -0.2) is 14.2 Å². The van der Waals surface area contributed by atoms with E-state index < -0.39 is 12.0 Å². The molecule has 3 aromatic carbocycles. The summed E-state index contributed by atoms with van der Waals surface area (Å²) in [6.45, 7) is 13.8. The first-order valence-corrected chi connectivity index (χ1v) is 16.7. The Balaban J connectivity index is 1.65. The van der Waals surface area contributed by atoms with Crippen LogP contribution in [0.15, 0.2) is 94.4 Å². The minimum Gasteiger partial charge on any atom is -0.491 e. The predicted molar refractivity (Wildman–Crippen MR) is 185 cm³/mol. The molecule has 0 amide bonds. The van der Waals surface area contributed by atoms with Gasteiger partial charge in [0.1, 0.15) is 24.2 Å². The molecule has 0 aliphatic carbocycles. The number of rotatable bonds is 13. The lowest BCUT2D eigenvalue weighted by atomic mass is 9.95. The van der Waals surface area contributed by atoms with Gasteiger partial charge in [0, 0.05) is 11.1 Å².